The maximum atomic E-state index is 11.6. The molecule has 0 aliphatic heterocycles. The Balaban J connectivity index is 0.00000324. The van der Waals surface area contributed by atoms with Crippen molar-refractivity contribution in [2.75, 3.05) is 13.1 Å². The number of rotatable bonds is 6. The van der Waals surface area contributed by atoms with Crippen LogP contribution in [0.25, 0.3) is 0 Å². The number of halogens is 3. The van der Waals surface area contributed by atoms with Crippen molar-refractivity contribution in [3.63, 3.8) is 0 Å². The highest BCUT2D eigenvalue weighted by Gasteiger charge is 2.14. The first-order valence-electron chi connectivity index (χ1n) is 5.63. The third-order valence-electron chi connectivity index (χ3n) is 2.20. The van der Waals surface area contributed by atoms with Crippen LogP contribution in [0, 0.1) is 0 Å². The van der Waals surface area contributed by atoms with E-state index in [4.69, 9.17) is 33.7 Å². The second kappa shape index (κ2) is 9.26. The van der Waals surface area contributed by atoms with Crippen LogP contribution in [0.5, 0.6) is 5.75 Å². The van der Waals surface area contributed by atoms with Gasteiger partial charge in [-0.05, 0) is 38.1 Å². The number of hydrogen-bond acceptors (Lipinski definition) is 3. The number of carbonyl (C=O) groups is 1. The van der Waals surface area contributed by atoms with Crippen molar-refractivity contribution in [3.8, 4) is 5.75 Å². The van der Waals surface area contributed by atoms with Gasteiger partial charge in [-0.2, -0.15) is 0 Å². The average molecular weight is 328 g/mol. The molecule has 0 bridgehead atoms. The topological polar surface area (TPSA) is 64.3 Å². The number of ether oxygens (including phenoxy) is 1. The molecule has 1 amide bonds. The van der Waals surface area contributed by atoms with Gasteiger partial charge in [0.05, 0.1) is 0 Å². The minimum absolute atomic E-state index is 0. The Morgan fingerprint density at radius 3 is 2.47 bits per heavy atom. The summed E-state index contributed by atoms with van der Waals surface area (Å²) >= 11 is 11.7. The Bertz CT molecular complexity index is 396. The zero-order valence-electron chi connectivity index (χ0n) is 10.5. The zero-order valence-corrected chi connectivity index (χ0v) is 12.8. The van der Waals surface area contributed by atoms with E-state index in [0.717, 1.165) is 6.42 Å². The second-order valence-corrected chi connectivity index (χ2v) is 4.67. The van der Waals surface area contributed by atoms with Gasteiger partial charge >= 0.3 is 0 Å². The molecule has 4 nitrogen and oxygen atoms in total. The van der Waals surface area contributed by atoms with Gasteiger partial charge in [0.15, 0.2) is 6.10 Å². The molecule has 0 aliphatic carbocycles. The normalized spacial score (nSPS) is 11.4. The molecule has 0 aromatic heterocycles. The van der Waals surface area contributed by atoms with Gasteiger partial charge in [0, 0.05) is 16.6 Å². The minimum atomic E-state index is -0.614. The Morgan fingerprint density at radius 1 is 1.37 bits per heavy atom. The number of nitrogens with one attached hydrogen (secondary N) is 1. The standard InChI is InChI=1S/C12H16Cl2N2O2.ClH/c1-8(12(17)16-4-2-3-15)18-11-6-9(13)5-10(14)7-11;/h5-8H,2-4,15H2,1H3,(H,16,17);1H. The molecule has 108 valence electrons. The van der Waals surface area contributed by atoms with Crippen molar-refractivity contribution in [2.24, 2.45) is 5.73 Å². The van der Waals surface area contributed by atoms with Crippen LogP contribution >= 0.6 is 35.6 Å². The molecule has 0 fully saturated rings. The summed E-state index contributed by atoms with van der Waals surface area (Å²) in [5, 5.41) is 3.65. The summed E-state index contributed by atoms with van der Waals surface area (Å²) < 4.78 is 5.46. The van der Waals surface area contributed by atoms with E-state index in [1.807, 2.05) is 0 Å². The Labute approximate surface area is 129 Å². The smallest absolute Gasteiger partial charge is 0.260 e. The summed E-state index contributed by atoms with van der Waals surface area (Å²) in [7, 11) is 0. The highest BCUT2D eigenvalue weighted by Crippen LogP contribution is 2.24. The maximum Gasteiger partial charge on any atom is 0.260 e. The Hall–Kier alpha value is -0.680. The number of nitrogens with two attached hydrogens (primary N) is 1. The van der Waals surface area contributed by atoms with E-state index in [2.05, 4.69) is 5.32 Å². The molecule has 1 aromatic rings. The van der Waals surface area contributed by atoms with Gasteiger partial charge in [0.25, 0.3) is 5.91 Å². The van der Waals surface area contributed by atoms with Crippen LogP contribution in [0.15, 0.2) is 18.2 Å². The quantitative estimate of drug-likeness (QED) is 0.790. The van der Waals surface area contributed by atoms with Gasteiger partial charge in [-0.1, -0.05) is 23.2 Å². The molecule has 1 aromatic carbocycles. The van der Waals surface area contributed by atoms with E-state index in [-0.39, 0.29) is 18.3 Å². The predicted octanol–water partition coefficient (Wildman–Crippen LogP) is 2.65. The summed E-state index contributed by atoms with van der Waals surface area (Å²) in [5.41, 5.74) is 5.34. The van der Waals surface area contributed by atoms with Gasteiger partial charge in [0.1, 0.15) is 5.75 Å². The molecular formula is C12H17Cl3N2O2. The lowest BCUT2D eigenvalue weighted by atomic mass is 10.3. The van der Waals surface area contributed by atoms with Crippen molar-refractivity contribution in [1.29, 1.82) is 0 Å². The molecule has 0 heterocycles. The van der Waals surface area contributed by atoms with E-state index >= 15 is 0 Å². The molecule has 1 atom stereocenters. The fourth-order valence-electron chi connectivity index (χ4n) is 1.31. The van der Waals surface area contributed by atoms with Gasteiger partial charge in [-0.3, -0.25) is 4.79 Å². The third-order valence-corrected chi connectivity index (χ3v) is 2.63. The Kier molecular flexibility index (Phi) is 8.93. The van der Waals surface area contributed by atoms with Gasteiger partial charge in [0.2, 0.25) is 0 Å². The van der Waals surface area contributed by atoms with Crippen molar-refractivity contribution in [3.05, 3.63) is 28.2 Å². The van der Waals surface area contributed by atoms with Crippen molar-refractivity contribution >= 4 is 41.5 Å². The highest BCUT2D eigenvalue weighted by atomic mass is 35.5. The number of benzene rings is 1. The summed E-state index contributed by atoms with van der Waals surface area (Å²) in [6.45, 7) is 2.74. The van der Waals surface area contributed by atoms with E-state index in [1.54, 1.807) is 25.1 Å². The molecular weight excluding hydrogens is 311 g/mol. The molecule has 19 heavy (non-hydrogen) atoms. The second-order valence-electron chi connectivity index (χ2n) is 3.80. The summed E-state index contributed by atoms with van der Waals surface area (Å²) in [5.74, 6) is 0.272. The van der Waals surface area contributed by atoms with Gasteiger partial charge < -0.3 is 15.8 Å². The highest BCUT2D eigenvalue weighted by molar-refractivity contribution is 6.34. The predicted molar refractivity (Wildman–Crippen MR) is 80.5 cm³/mol. The monoisotopic (exact) mass is 326 g/mol. The van der Waals surface area contributed by atoms with Crippen LogP contribution in [-0.4, -0.2) is 25.1 Å². The van der Waals surface area contributed by atoms with Crippen LogP contribution in [0.2, 0.25) is 10.0 Å². The third kappa shape index (κ3) is 6.87. The molecule has 1 rings (SSSR count). The van der Waals surface area contributed by atoms with E-state index < -0.39 is 6.10 Å². The zero-order chi connectivity index (χ0) is 13.5. The number of amides is 1. The lowest BCUT2D eigenvalue weighted by Crippen LogP contribution is -2.37. The number of carbonyl (C=O) groups excluding carboxylic acids is 1. The van der Waals surface area contributed by atoms with Crippen LogP contribution in [-0.2, 0) is 4.79 Å². The van der Waals surface area contributed by atoms with Crippen LogP contribution < -0.4 is 15.8 Å². The molecule has 0 aliphatic rings. The van der Waals surface area contributed by atoms with Gasteiger partial charge in [-0.15, -0.1) is 12.4 Å². The molecule has 0 radical (unpaired) electrons. The van der Waals surface area contributed by atoms with Crippen LogP contribution in [0.1, 0.15) is 13.3 Å². The van der Waals surface area contributed by atoms with E-state index in [9.17, 15) is 4.79 Å². The SMILES string of the molecule is CC(Oc1cc(Cl)cc(Cl)c1)C(=O)NCCCN.Cl. The van der Waals surface area contributed by atoms with E-state index in [1.165, 1.54) is 0 Å². The Morgan fingerprint density at radius 2 is 1.95 bits per heavy atom. The molecule has 1 unspecified atom stereocenters. The first-order valence-corrected chi connectivity index (χ1v) is 6.39. The lowest BCUT2D eigenvalue weighted by Gasteiger charge is -2.15. The van der Waals surface area contributed by atoms with Gasteiger partial charge in [-0.25, -0.2) is 0 Å². The fraction of sp³-hybridized carbons (Fsp3) is 0.417. The summed E-state index contributed by atoms with van der Waals surface area (Å²) in [6, 6.07) is 4.82. The van der Waals surface area contributed by atoms with Crippen molar-refractivity contribution in [1.82, 2.24) is 5.32 Å². The summed E-state index contributed by atoms with van der Waals surface area (Å²) in [4.78, 5) is 11.6. The number of hydrogen-bond donors (Lipinski definition) is 2. The molecule has 3 N–H and O–H groups in total. The van der Waals surface area contributed by atoms with Crippen molar-refractivity contribution in [2.45, 2.75) is 19.4 Å². The van der Waals surface area contributed by atoms with E-state index in [0.29, 0.717) is 28.9 Å². The average Bonchev–Trinajstić information content (AvgIpc) is 2.27. The fourth-order valence-corrected chi connectivity index (χ4v) is 1.82. The largest absolute Gasteiger partial charge is 0.481 e. The molecule has 7 heteroatoms. The minimum Gasteiger partial charge on any atom is -0.481 e. The lowest BCUT2D eigenvalue weighted by molar-refractivity contribution is -0.127. The van der Waals surface area contributed by atoms with Crippen LogP contribution in [0.4, 0.5) is 0 Å². The first-order chi connectivity index (χ1) is 8.52. The maximum absolute atomic E-state index is 11.6. The van der Waals surface area contributed by atoms with Crippen LogP contribution in [0.3, 0.4) is 0 Å². The molecule has 0 saturated carbocycles. The first kappa shape index (κ1) is 18.3. The summed E-state index contributed by atoms with van der Waals surface area (Å²) in [6.07, 6.45) is 0.124. The molecule has 0 saturated heterocycles. The van der Waals surface area contributed by atoms with Crippen molar-refractivity contribution < 1.29 is 9.53 Å². The molecule has 0 spiro atoms.